The van der Waals surface area contributed by atoms with E-state index in [4.69, 9.17) is 0 Å². The highest BCUT2D eigenvalue weighted by atomic mass is 32.1. The molecule has 0 aromatic carbocycles. The van der Waals surface area contributed by atoms with Gasteiger partial charge in [0, 0.05) is 10.9 Å². The second-order valence-corrected chi connectivity index (χ2v) is 4.60. The molecule has 1 atom stereocenters. The molecule has 0 fully saturated rings. The van der Waals surface area contributed by atoms with Gasteiger partial charge in [-0.25, -0.2) is 13.8 Å². The van der Waals surface area contributed by atoms with Crippen molar-refractivity contribution in [3.63, 3.8) is 0 Å². The predicted octanol–water partition coefficient (Wildman–Crippen LogP) is 2.68. The van der Waals surface area contributed by atoms with Crippen molar-refractivity contribution < 1.29 is 8.78 Å². The fourth-order valence-corrected chi connectivity index (χ4v) is 2.22. The molecule has 0 aliphatic carbocycles. The summed E-state index contributed by atoms with van der Waals surface area (Å²) >= 11 is 1.59. The Balaban J connectivity index is 2.60. The minimum atomic E-state index is -2.31. The first-order valence-corrected chi connectivity index (χ1v) is 5.27. The van der Waals surface area contributed by atoms with Gasteiger partial charge in [0.2, 0.25) is 0 Å². The summed E-state index contributed by atoms with van der Waals surface area (Å²) in [6, 6.07) is -0.103. The molecule has 5 heteroatoms. The molecule has 1 aromatic heterocycles. The van der Waals surface area contributed by atoms with Gasteiger partial charge < -0.3 is 5.32 Å². The van der Waals surface area contributed by atoms with Crippen LogP contribution >= 0.6 is 11.3 Å². The Bertz CT molecular complexity index is 299. The first-order valence-electron chi connectivity index (χ1n) is 4.46. The molecule has 14 heavy (non-hydrogen) atoms. The molecule has 0 spiro atoms. The molecule has 0 bridgehead atoms. The Hall–Kier alpha value is -0.550. The minimum Gasteiger partial charge on any atom is -0.303 e. The Morgan fingerprint density at radius 2 is 2.07 bits per heavy atom. The van der Waals surface area contributed by atoms with Crippen molar-refractivity contribution in [2.45, 2.75) is 33.2 Å². The smallest absolute Gasteiger partial charge is 0.250 e. The molecular formula is C9H14F2N2S. The lowest BCUT2D eigenvalue weighted by molar-refractivity contribution is 0.142. The second kappa shape index (κ2) is 4.79. The van der Waals surface area contributed by atoms with Crippen LogP contribution in [0.2, 0.25) is 0 Å². The average Bonchev–Trinajstić information content (AvgIpc) is 2.41. The van der Waals surface area contributed by atoms with E-state index in [1.165, 1.54) is 0 Å². The van der Waals surface area contributed by atoms with Crippen LogP contribution in [0.25, 0.3) is 0 Å². The lowest BCUT2D eigenvalue weighted by Crippen LogP contribution is -2.25. The molecular weight excluding hydrogens is 206 g/mol. The largest absolute Gasteiger partial charge is 0.303 e. The predicted molar refractivity (Wildman–Crippen MR) is 54.0 cm³/mol. The highest BCUT2D eigenvalue weighted by Crippen LogP contribution is 2.22. The number of nitrogens with one attached hydrogen (secondary N) is 1. The Labute approximate surface area is 86.4 Å². The number of hydrogen-bond acceptors (Lipinski definition) is 3. The summed E-state index contributed by atoms with van der Waals surface area (Å²) in [5.74, 6) is 0. The third-order valence-electron chi connectivity index (χ3n) is 1.93. The molecule has 1 N–H and O–H groups in total. The van der Waals surface area contributed by atoms with Crippen LogP contribution in [0.3, 0.4) is 0 Å². The van der Waals surface area contributed by atoms with Gasteiger partial charge >= 0.3 is 0 Å². The van der Waals surface area contributed by atoms with Crippen molar-refractivity contribution in [3.8, 4) is 0 Å². The van der Waals surface area contributed by atoms with Gasteiger partial charge in [-0.15, -0.1) is 11.3 Å². The number of nitrogens with zero attached hydrogens (tertiary/aromatic N) is 1. The van der Waals surface area contributed by atoms with Gasteiger partial charge in [-0.3, -0.25) is 0 Å². The molecule has 0 aliphatic rings. The zero-order chi connectivity index (χ0) is 10.7. The molecule has 1 rings (SSSR count). The van der Waals surface area contributed by atoms with Crippen LogP contribution in [0.4, 0.5) is 8.78 Å². The lowest BCUT2D eigenvalue weighted by atomic mass is 10.2. The Morgan fingerprint density at radius 1 is 1.43 bits per heavy atom. The summed E-state index contributed by atoms with van der Waals surface area (Å²) in [5, 5.41) is 3.72. The molecule has 1 heterocycles. The molecule has 0 saturated carbocycles. The van der Waals surface area contributed by atoms with E-state index in [1.54, 1.807) is 11.3 Å². The molecule has 0 saturated heterocycles. The van der Waals surface area contributed by atoms with E-state index >= 15 is 0 Å². The number of aromatic nitrogens is 1. The van der Waals surface area contributed by atoms with E-state index in [1.807, 2.05) is 20.8 Å². The zero-order valence-electron chi connectivity index (χ0n) is 8.47. The fraction of sp³-hybridized carbons (Fsp3) is 0.667. The third kappa shape index (κ3) is 2.99. The number of rotatable bonds is 4. The summed E-state index contributed by atoms with van der Waals surface area (Å²) in [6.07, 6.45) is -2.31. The zero-order valence-corrected chi connectivity index (χ0v) is 9.29. The summed E-state index contributed by atoms with van der Waals surface area (Å²) < 4.78 is 23.9. The Morgan fingerprint density at radius 3 is 2.50 bits per heavy atom. The first-order chi connectivity index (χ1) is 6.50. The van der Waals surface area contributed by atoms with Crippen LogP contribution in [-0.4, -0.2) is 18.0 Å². The van der Waals surface area contributed by atoms with Gasteiger partial charge in [0.1, 0.15) is 0 Å². The number of aryl methyl sites for hydroxylation is 2. The quantitative estimate of drug-likeness (QED) is 0.843. The van der Waals surface area contributed by atoms with Crippen LogP contribution < -0.4 is 5.32 Å². The van der Waals surface area contributed by atoms with E-state index in [0.29, 0.717) is 0 Å². The lowest BCUT2D eigenvalue weighted by Gasteiger charge is -2.11. The maximum absolute atomic E-state index is 11.9. The van der Waals surface area contributed by atoms with Crippen LogP contribution in [0.1, 0.15) is 28.5 Å². The van der Waals surface area contributed by atoms with E-state index < -0.39 is 6.43 Å². The topological polar surface area (TPSA) is 24.9 Å². The van der Waals surface area contributed by atoms with Crippen LogP contribution in [0.15, 0.2) is 0 Å². The standard InChI is InChI=1S/C9H14F2N2S/c1-5(12-4-8(10)11)9-6(2)14-7(3)13-9/h5,8,12H,4H2,1-3H3. The average molecular weight is 220 g/mol. The van der Waals surface area contributed by atoms with E-state index in [2.05, 4.69) is 10.3 Å². The number of alkyl halides is 2. The second-order valence-electron chi connectivity index (χ2n) is 3.20. The highest BCUT2D eigenvalue weighted by Gasteiger charge is 2.13. The van der Waals surface area contributed by atoms with Gasteiger partial charge in [-0.05, 0) is 20.8 Å². The molecule has 0 aliphatic heterocycles. The maximum atomic E-state index is 11.9. The van der Waals surface area contributed by atoms with Crippen molar-refractivity contribution >= 4 is 11.3 Å². The number of thiazole rings is 1. The van der Waals surface area contributed by atoms with E-state index in [9.17, 15) is 8.78 Å². The molecule has 2 nitrogen and oxygen atoms in total. The summed E-state index contributed by atoms with van der Waals surface area (Å²) in [7, 11) is 0. The first kappa shape index (κ1) is 11.5. The summed E-state index contributed by atoms with van der Waals surface area (Å²) in [5.41, 5.74) is 0.883. The molecule has 80 valence electrons. The maximum Gasteiger partial charge on any atom is 0.250 e. The van der Waals surface area contributed by atoms with Gasteiger partial charge in [0.05, 0.1) is 17.2 Å². The highest BCUT2D eigenvalue weighted by molar-refractivity contribution is 7.11. The van der Waals surface area contributed by atoms with E-state index in [-0.39, 0.29) is 12.6 Å². The van der Waals surface area contributed by atoms with Crippen molar-refractivity contribution in [1.82, 2.24) is 10.3 Å². The van der Waals surface area contributed by atoms with Crippen molar-refractivity contribution in [2.75, 3.05) is 6.54 Å². The van der Waals surface area contributed by atoms with Crippen LogP contribution in [-0.2, 0) is 0 Å². The summed E-state index contributed by atoms with van der Waals surface area (Å²) in [6.45, 7) is 5.45. The number of halogens is 2. The molecule has 1 aromatic rings. The van der Waals surface area contributed by atoms with Gasteiger partial charge in [0.25, 0.3) is 6.43 Å². The monoisotopic (exact) mass is 220 g/mol. The van der Waals surface area contributed by atoms with Gasteiger partial charge in [-0.2, -0.15) is 0 Å². The van der Waals surface area contributed by atoms with Crippen LogP contribution in [0, 0.1) is 13.8 Å². The van der Waals surface area contributed by atoms with Gasteiger partial charge in [-0.1, -0.05) is 0 Å². The normalized spacial score (nSPS) is 13.6. The van der Waals surface area contributed by atoms with Crippen molar-refractivity contribution in [1.29, 1.82) is 0 Å². The molecule has 0 amide bonds. The third-order valence-corrected chi connectivity index (χ3v) is 2.83. The van der Waals surface area contributed by atoms with E-state index in [0.717, 1.165) is 15.6 Å². The van der Waals surface area contributed by atoms with Crippen LogP contribution in [0.5, 0.6) is 0 Å². The van der Waals surface area contributed by atoms with Gasteiger partial charge in [0.15, 0.2) is 0 Å². The fourth-order valence-electron chi connectivity index (χ4n) is 1.31. The van der Waals surface area contributed by atoms with Crippen molar-refractivity contribution in [2.24, 2.45) is 0 Å². The SMILES string of the molecule is Cc1nc(C(C)NCC(F)F)c(C)s1. The minimum absolute atomic E-state index is 0.103. The summed E-state index contributed by atoms with van der Waals surface area (Å²) in [4.78, 5) is 5.39. The van der Waals surface area contributed by atoms with Crippen molar-refractivity contribution in [3.05, 3.63) is 15.6 Å². The molecule has 0 radical (unpaired) electrons. The number of hydrogen-bond donors (Lipinski definition) is 1. The molecule has 1 unspecified atom stereocenters. The Kier molecular flexibility index (Phi) is 3.95.